The Labute approximate surface area is 166 Å². The minimum Gasteiger partial charge on any atom is -0.486 e. The van der Waals surface area contributed by atoms with Crippen LogP contribution < -0.4 is 10.1 Å². The molecule has 3 atom stereocenters. The number of carbonyl (C=O) groups excluding carboxylic acids is 2. The van der Waals surface area contributed by atoms with Crippen LogP contribution in [-0.4, -0.2) is 35.9 Å². The monoisotopic (exact) mass is 387 g/mol. The lowest BCUT2D eigenvalue weighted by Crippen LogP contribution is -2.44. The van der Waals surface area contributed by atoms with E-state index in [1.54, 1.807) is 34.6 Å². The summed E-state index contributed by atoms with van der Waals surface area (Å²) in [5, 5.41) is 4.55. The van der Waals surface area contributed by atoms with Gasteiger partial charge in [0.1, 0.15) is 29.6 Å². The fraction of sp³-hybridized carbons (Fsp3) is 0.455. The molecule has 2 rings (SSSR count). The van der Waals surface area contributed by atoms with E-state index in [9.17, 15) is 9.59 Å². The maximum Gasteiger partial charge on any atom is 0.408 e. The Morgan fingerprint density at radius 1 is 0.929 bits per heavy atom. The Morgan fingerprint density at radius 3 is 2.25 bits per heavy atom. The average molecular weight is 387 g/mol. The fourth-order valence-corrected chi connectivity index (χ4v) is 2.52. The number of fused-ring (bicyclic) bond motifs is 1. The summed E-state index contributed by atoms with van der Waals surface area (Å²) >= 11 is 0. The Balaban J connectivity index is 1.93. The highest BCUT2D eigenvalue weighted by Gasteiger charge is 2.25. The predicted octanol–water partition coefficient (Wildman–Crippen LogP) is 4.45. The summed E-state index contributed by atoms with van der Waals surface area (Å²) in [5.74, 6) is 0.181. The van der Waals surface area contributed by atoms with Crippen LogP contribution in [0.2, 0.25) is 0 Å². The Morgan fingerprint density at radius 2 is 1.57 bits per heavy atom. The van der Waals surface area contributed by atoms with E-state index in [1.165, 1.54) is 0 Å². The van der Waals surface area contributed by atoms with Crippen molar-refractivity contribution in [3.63, 3.8) is 0 Å². The molecule has 0 saturated carbocycles. The molecule has 0 aromatic heterocycles. The molecule has 1 N–H and O–H groups in total. The van der Waals surface area contributed by atoms with Gasteiger partial charge in [0.2, 0.25) is 0 Å². The number of carbonyl (C=O) groups is 2. The van der Waals surface area contributed by atoms with Crippen LogP contribution in [0.4, 0.5) is 4.79 Å². The highest BCUT2D eigenvalue weighted by atomic mass is 16.6. The summed E-state index contributed by atoms with van der Waals surface area (Å²) in [7, 11) is 0. The molecule has 0 aliphatic heterocycles. The van der Waals surface area contributed by atoms with Crippen molar-refractivity contribution in [3.8, 4) is 5.75 Å². The van der Waals surface area contributed by atoms with Crippen LogP contribution in [0, 0.1) is 0 Å². The number of nitrogens with one attached hydrogen (secondary N) is 1. The molecule has 0 spiro atoms. The number of benzene rings is 2. The van der Waals surface area contributed by atoms with Gasteiger partial charge < -0.3 is 19.5 Å². The van der Waals surface area contributed by atoms with Gasteiger partial charge in [0.15, 0.2) is 0 Å². The first-order chi connectivity index (χ1) is 13.1. The largest absolute Gasteiger partial charge is 0.486 e. The number of amides is 1. The second kappa shape index (κ2) is 8.95. The van der Waals surface area contributed by atoms with Crippen molar-refractivity contribution in [2.24, 2.45) is 0 Å². The Kier molecular flexibility index (Phi) is 6.89. The molecule has 0 aliphatic rings. The van der Waals surface area contributed by atoms with Crippen molar-refractivity contribution in [2.75, 3.05) is 0 Å². The van der Waals surface area contributed by atoms with E-state index < -0.39 is 29.8 Å². The predicted molar refractivity (Wildman–Crippen MR) is 108 cm³/mol. The van der Waals surface area contributed by atoms with Crippen LogP contribution >= 0.6 is 0 Å². The first-order valence-electron chi connectivity index (χ1n) is 9.41. The van der Waals surface area contributed by atoms with Crippen molar-refractivity contribution >= 4 is 22.8 Å². The molecule has 0 unspecified atom stereocenters. The maximum absolute atomic E-state index is 12.3. The van der Waals surface area contributed by atoms with Gasteiger partial charge in [-0.15, -0.1) is 0 Å². The second-order valence-electron chi connectivity index (χ2n) is 7.81. The lowest BCUT2D eigenvalue weighted by atomic mass is 10.1. The van der Waals surface area contributed by atoms with E-state index in [0.29, 0.717) is 0 Å². The van der Waals surface area contributed by atoms with Gasteiger partial charge in [-0.25, -0.2) is 9.59 Å². The lowest BCUT2D eigenvalue weighted by molar-refractivity contribution is -0.154. The molecule has 1 amide bonds. The van der Waals surface area contributed by atoms with Gasteiger partial charge >= 0.3 is 12.1 Å². The molecular weight excluding hydrogens is 358 g/mol. The number of ether oxygens (including phenoxy) is 3. The molecule has 152 valence electrons. The zero-order chi connectivity index (χ0) is 20.9. The van der Waals surface area contributed by atoms with Crippen LogP contribution in [0.3, 0.4) is 0 Å². The van der Waals surface area contributed by atoms with Crippen LogP contribution in [0.25, 0.3) is 10.8 Å². The summed E-state index contributed by atoms with van der Waals surface area (Å²) in [6.07, 6.45) is -1.54. The third-order valence-corrected chi connectivity index (χ3v) is 4.11. The van der Waals surface area contributed by atoms with Gasteiger partial charge in [-0.2, -0.15) is 0 Å². The SMILES string of the molecule is C[C@H](NC(=O)OC(C)(C)C)C(=O)O[C@@H](C)[C@@H](C)Oc1cccc2ccccc12. The van der Waals surface area contributed by atoms with Crippen molar-refractivity contribution in [2.45, 2.75) is 65.4 Å². The van der Waals surface area contributed by atoms with Gasteiger partial charge in [-0.1, -0.05) is 36.4 Å². The smallest absolute Gasteiger partial charge is 0.408 e. The standard InChI is InChI=1S/C22H29NO5/c1-14(23-21(25)28-22(4,5)6)20(24)27-16(3)15(2)26-19-13-9-11-17-10-7-8-12-18(17)19/h7-16H,1-6H3,(H,23,25)/t14-,15+,16-/m0/s1. The molecule has 0 bridgehead atoms. The number of alkyl carbamates (subject to hydrolysis) is 1. The molecule has 0 aliphatic carbocycles. The Bertz CT molecular complexity index is 822. The number of rotatable bonds is 6. The number of hydrogen-bond acceptors (Lipinski definition) is 5. The zero-order valence-corrected chi connectivity index (χ0v) is 17.3. The fourth-order valence-electron chi connectivity index (χ4n) is 2.52. The third kappa shape index (κ3) is 6.15. The molecule has 6 nitrogen and oxygen atoms in total. The molecule has 0 saturated heterocycles. The topological polar surface area (TPSA) is 73.9 Å². The van der Waals surface area contributed by atoms with E-state index in [4.69, 9.17) is 14.2 Å². The van der Waals surface area contributed by atoms with Crippen LogP contribution in [-0.2, 0) is 14.3 Å². The Hall–Kier alpha value is -2.76. The first kappa shape index (κ1) is 21.5. The minimum absolute atomic E-state index is 0.372. The highest BCUT2D eigenvalue weighted by molar-refractivity contribution is 5.88. The summed E-state index contributed by atoms with van der Waals surface area (Å²) in [4.78, 5) is 24.1. The molecule has 6 heteroatoms. The van der Waals surface area contributed by atoms with E-state index in [1.807, 2.05) is 49.4 Å². The van der Waals surface area contributed by atoms with E-state index in [2.05, 4.69) is 5.32 Å². The van der Waals surface area contributed by atoms with Crippen molar-refractivity contribution in [1.82, 2.24) is 5.32 Å². The molecule has 0 fully saturated rings. The summed E-state index contributed by atoms with van der Waals surface area (Å²) in [6, 6.07) is 12.9. The number of esters is 1. The number of hydrogen-bond donors (Lipinski definition) is 1. The molecular formula is C22H29NO5. The van der Waals surface area contributed by atoms with Gasteiger partial charge in [0.25, 0.3) is 0 Å². The minimum atomic E-state index is -0.831. The zero-order valence-electron chi connectivity index (χ0n) is 17.3. The highest BCUT2D eigenvalue weighted by Crippen LogP contribution is 2.26. The molecule has 0 radical (unpaired) electrons. The van der Waals surface area contributed by atoms with E-state index in [0.717, 1.165) is 16.5 Å². The normalized spacial score (nSPS) is 14.6. The van der Waals surface area contributed by atoms with Gasteiger partial charge in [0.05, 0.1) is 0 Å². The van der Waals surface area contributed by atoms with Gasteiger partial charge in [-0.3, -0.25) is 0 Å². The van der Waals surface area contributed by atoms with Crippen molar-refractivity contribution in [1.29, 1.82) is 0 Å². The van der Waals surface area contributed by atoms with Crippen molar-refractivity contribution < 1.29 is 23.8 Å². The average Bonchev–Trinajstić information content (AvgIpc) is 2.60. The van der Waals surface area contributed by atoms with Crippen LogP contribution in [0.1, 0.15) is 41.5 Å². The second-order valence-corrected chi connectivity index (χ2v) is 7.81. The summed E-state index contributed by atoms with van der Waals surface area (Å²) < 4.78 is 16.6. The van der Waals surface area contributed by atoms with Crippen LogP contribution in [0.5, 0.6) is 5.75 Å². The first-order valence-corrected chi connectivity index (χ1v) is 9.41. The molecule has 2 aromatic carbocycles. The quantitative estimate of drug-likeness (QED) is 0.741. The molecule has 2 aromatic rings. The molecule has 28 heavy (non-hydrogen) atoms. The lowest BCUT2D eigenvalue weighted by Gasteiger charge is -2.25. The summed E-state index contributed by atoms with van der Waals surface area (Å²) in [5.41, 5.74) is -0.637. The van der Waals surface area contributed by atoms with Crippen LogP contribution in [0.15, 0.2) is 42.5 Å². The van der Waals surface area contributed by atoms with E-state index >= 15 is 0 Å². The van der Waals surface area contributed by atoms with Crippen molar-refractivity contribution in [3.05, 3.63) is 42.5 Å². The summed E-state index contributed by atoms with van der Waals surface area (Å²) in [6.45, 7) is 10.4. The molecule has 0 heterocycles. The third-order valence-electron chi connectivity index (χ3n) is 4.11. The van der Waals surface area contributed by atoms with Gasteiger partial charge in [0, 0.05) is 5.39 Å². The van der Waals surface area contributed by atoms with E-state index in [-0.39, 0.29) is 6.10 Å². The maximum atomic E-state index is 12.3. The van der Waals surface area contributed by atoms with Gasteiger partial charge in [-0.05, 0) is 53.0 Å².